The van der Waals surface area contributed by atoms with Crippen LogP contribution in [-0.2, 0) is 27.8 Å². The quantitative estimate of drug-likeness (QED) is 0.439. The van der Waals surface area contributed by atoms with E-state index in [-0.39, 0.29) is 68.5 Å². The zero-order valence-electron chi connectivity index (χ0n) is 7.39. The van der Waals surface area contributed by atoms with Gasteiger partial charge in [0.15, 0.2) is 0 Å². The van der Waals surface area contributed by atoms with Crippen LogP contribution >= 0.6 is 0 Å². The molecule has 15 heavy (non-hydrogen) atoms. The summed E-state index contributed by atoms with van der Waals surface area (Å²) >= 11 is 0. The van der Waals surface area contributed by atoms with E-state index >= 15 is 0 Å². The second kappa shape index (κ2) is 5.10. The molecule has 9 heteroatoms. The normalized spacial score (nSPS) is 11.6. The van der Waals surface area contributed by atoms with Crippen molar-refractivity contribution in [1.29, 1.82) is 31.6 Å². The van der Waals surface area contributed by atoms with Crippen molar-refractivity contribution in [2.24, 2.45) is 0 Å². The first kappa shape index (κ1) is 20.1. The van der Waals surface area contributed by atoms with Crippen molar-refractivity contribution in [2.75, 3.05) is 0 Å². The maximum Gasteiger partial charge on any atom is 2.00 e. The van der Waals surface area contributed by atoms with Gasteiger partial charge in [0.25, 0.3) is 0 Å². The predicted octanol–water partition coefficient (Wildman–Crippen LogP) is -2.90. The van der Waals surface area contributed by atoms with Crippen molar-refractivity contribution in [3.8, 4) is 29.8 Å². The van der Waals surface area contributed by atoms with Crippen molar-refractivity contribution in [2.45, 2.75) is 0 Å². The fourth-order valence-electron chi connectivity index (χ4n) is 0.265. The Balaban J connectivity index is -0.000000720. The summed E-state index contributed by atoms with van der Waals surface area (Å²) in [5.41, 5.74) is 0. The molecular formula is C6Fe2KN6. The Labute approximate surface area is 138 Å². The van der Waals surface area contributed by atoms with E-state index in [1.807, 2.05) is 0 Å². The molecule has 0 radical (unpaired) electrons. The van der Waals surface area contributed by atoms with Crippen LogP contribution in [0.2, 0.25) is 0 Å². The fourth-order valence-corrected chi connectivity index (χ4v) is 1.09. The summed E-state index contributed by atoms with van der Waals surface area (Å²) in [6.07, 6.45) is 0. The van der Waals surface area contributed by atoms with Crippen molar-refractivity contribution >= 4 is 0 Å². The summed E-state index contributed by atoms with van der Waals surface area (Å²) in [7, 11) is -6.17. The van der Waals surface area contributed by atoms with E-state index in [2.05, 4.69) is 0 Å². The molecule has 0 spiro atoms. The Hall–Kier alpha value is -0.385. The minimum Gasteiger partial charge on any atom is 1.00 e. The molecule has 71 valence electrons. The maximum absolute atomic E-state index is 8.58. The molecule has 0 unspecified atom stereocenters. The van der Waals surface area contributed by atoms with Crippen LogP contribution in [-0.4, -0.2) is 0 Å². The molecule has 0 aromatic heterocycles. The number of hydrogen-bond acceptors (Lipinski definition) is 6. The summed E-state index contributed by atoms with van der Waals surface area (Å²) in [6.45, 7) is 0. The van der Waals surface area contributed by atoms with Crippen LogP contribution in [0.5, 0.6) is 0 Å². The molecule has 0 heterocycles. The number of nitrogens with zero attached hydrogens (tertiary/aromatic N) is 6. The molecule has 0 saturated heterocycles. The zero-order valence-corrected chi connectivity index (χ0v) is 12.7. The fraction of sp³-hybridized carbons (Fsp3) is 0. The van der Waals surface area contributed by atoms with Crippen molar-refractivity contribution in [3.05, 3.63) is 0 Å². The Kier molecular flexibility index (Phi) is 6.83. The van der Waals surface area contributed by atoms with Gasteiger partial charge >= 0.3 is 141 Å². The minimum absolute atomic E-state index is 0. The van der Waals surface area contributed by atoms with E-state index in [1.54, 1.807) is 0 Å². The molecule has 0 rings (SSSR count). The van der Waals surface area contributed by atoms with Crippen LogP contribution in [0, 0.1) is 61.4 Å². The third-order valence-electron chi connectivity index (χ3n) is 1.19. The summed E-state index contributed by atoms with van der Waals surface area (Å²) in [5, 5.41) is 51.5. The van der Waals surface area contributed by atoms with Gasteiger partial charge in [-0.25, -0.2) is 0 Å². The third-order valence-corrected chi connectivity index (χ3v) is 4.89. The zero-order chi connectivity index (χ0) is 10.7. The Morgan fingerprint density at radius 2 is 0.667 bits per heavy atom. The van der Waals surface area contributed by atoms with Crippen molar-refractivity contribution < 1.29 is 79.2 Å². The van der Waals surface area contributed by atoms with Gasteiger partial charge in [-0.05, 0) is 0 Å². The number of hydrogen-bond donors (Lipinski definition) is 0. The van der Waals surface area contributed by atoms with Gasteiger partial charge in [0, 0.05) is 0 Å². The van der Waals surface area contributed by atoms with E-state index in [0.29, 0.717) is 0 Å². The molecule has 0 aromatic carbocycles. The first-order valence-corrected chi connectivity index (χ1v) is 5.71. The van der Waals surface area contributed by atoms with E-state index in [4.69, 9.17) is 31.6 Å². The number of rotatable bonds is 0. The smallest absolute Gasteiger partial charge is 1.00 e. The van der Waals surface area contributed by atoms with E-state index in [9.17, 15) is 0 Å². The molecule has 0 bridgehead atoms. The Morgan fingerprint density at radius 3 is 0.667 bits per heavy atom. The molecule has 0 aliphatic rings. The molecular weight excluding hydrogens is 307 g/mol. The van der Waals surface area contributed by atoms with Gasteiger partial charge < -0.3 is 0 Å². The molecule has 0 aromatic rings. The van der Waals surface area contributed by atoms with E-state index in [0.717, 1.165) is 29.8 Å². The van der Waals surface area contributed by atoms with Crippen LogP contribution in [0.1, 0.15) is 0 Å². The third kappa shape index (κ3) is 2.09. The van der Waals surface area contributed by atoms with Crippen molar-refractivity contribution in [1.82, 2.24) is 0 Å². The molecule has 0 aliphatic carbocycles. The summed E-state index contributed by atoms with van der Waals surface area (Å²) < 4.78 is 0. The van der Waals surface area contributed by atoms with Crippen molar-refractivity contribution in [3.63, 3.8) is 0 Å². The SMILES string of the molecule is N#[C][Fe-3]([C]#N)([C]#N)([C]#N)([C]#N)[C]#N.[Fe+2].[K+]. The molecule has 0 amide bonds. The number of nitriles is 6. The Morgan fingerprint density at radius 1 is 0.533 bits per heavy atom. The van der Waals surface area contributed by atoms with Gasteiger partial charge in [0.2, 0.25) is 0 Å². The summed E-state index contributed by atoms with van der Waals surface area (Å²) in [6, 6.07) is 0. The van der Waals surface area contributed by atoms with Gasteiger partial charge in [-0.2, -0.15) is 0 Å². The van der Waals surface area contributed by atoms with E-state index in [1.165, 1.54) is 0 Å². The molecule has 0 atom stereocenters. The summed E-state index contributed by atoms with van der Waals surface area (Å²) in [4.78, 5) is 6.19. The average Bonchev–Trinajstić information content (AvgIpc) is 2.26. The van der Waals surface area contributed by atoms with Crippen LogP contribution in [0.15, 0.2) is 0 Å². The van der Waals surface area contributed by atoms with E-state index < -0.39 is 10.7 Å². The monoisotopic (exact) mass is 307 g/mol. The predicted molar refractivity (Wildman–Crippen MR) is 33.7 cm³/mol. The molecule has 0 fully saturated rings. The topological polar surface area (TPSA) is 143 Å². The summed E-state index contributed by atoms with van der Waals surface area (Å²) in [5.74, 6) is 0. The second-order valence-electron chi connectivity index (χ2n) is 1.80. The molecule has 0 N–H and O–H groups in total. The first-order valence-electron chi connectivity index (χ1n) is 2.40. The van der Waals surface area contributed by atoms with Crippen LogP contribution in [0.4, 0.5) is 0 Å². The van der Waals surface area contributed by atoms with Crippen LogP contribution in [0.25, 0.3) is 0 Å². The van der Waals surface area contributed by atoms with Gasteiger partial charge in [-0.15, -0.1) is 0 Å². The average molecular weight is 307 g/mol. The standard InChI is InChI=1S/6CN.2Fe.K/c6*1-2;;;/q;;;;;;-3;+2;+1. The first-order chi connectivity index (χ1) is 5.97. The minimum atomic E-state index is -6.17. The van der Waals surface area contributed by atoms with Crippen LogP contribution in [0.3, 0.4) is 0 Å². The largest absolute Gasteiger partial charge is 2.00 e. The van der Waals surface area contributed by atoms with Gasteiger partial charge in [0.1, 0.15) is 0 Å². The molecule has 0 aliphatic heterocycles. The second-order valence-corrected chi connectivity index (χ2v) is 7.42. The van der Waals surface area contributed by atoms with Gasteiger partial charge in [0.05, 0.1) is 0 Å². The van der Waals surface area contributed by atoms with Crippen LogP contribution < -0.4 is 51.4 Å². The van der Waals surface area contributed by atoms with Gasteiger partial charge in [-0.3, -0.25) is 0 Å². The molecule has 0 saturated carbocycles. The Bertz CT molecular complexity index is 395. The molecule has 6 nitrogen and oxygen atoms in total. The maximum atomic E-state index is 8.58. The van der Waals surface area contributed by atoms with Gasteiger partial charge in [-0.1, -0.05) is 0 Å².